The van der Waals surface area contributed by atoms with Gasteiger partial charge in [0.25, 0.3) is 0 Å². The predicted molar refractivity (Wildman–Crippen MR) is 63.6 cm³/mol. The number of esters is 1. The fraction of sp³-hybridized carbons (Fsp3) is 0.222. The van der Waals surface area contributed by atoms with E-state index in [1.807, 2.05) is 22.6 Å². The van der Waals surface area contributed by atoms with Gasteiger partial charge in [0.2, 0.25) is 0 Å². The Morgan fingerprint density at radius 2 is 2.25 bits per heavy atom. The van der Waals surface area contributed by atoms with Crippen molar-refractivity contribution < 1.29 is 14.3 Å². The molecule has 0 unspecified atom stereocenters. The van der Waals surface area contributed by atoms with Gasteiger partial charge in [0.1, 0.15) is 21.1 Å². The van der Waals surface area contributed by atoms with E-state index < -0.39 is 5.97 Å². The molecule has 0 aromatic carbocycles. The summed E-state index contributed by atoms with van der Waals surface area (Å²) in [5.41, 5.74) is 0.924. The van der Waals surface area contributed by atoms with Crippen LogP contribution in [-0.4, -0.2) is 34.8 Å². The van der Waals surface area contributed by atoms with E-state index in [4.69, 9.17) is 4.74 Å². The lowest BCUT2D eigenvalue weighted by molar-refractivity contribution is 0.0602. The molecular weight excluding hydrogens is 325 g/mol. The summed E-state index contributed by atoms with van der Waals surface area (Å²) < 4.78 is 12.0. The maximum Gasteiger partial charge on any atom is 0.341 e. The highest BCUT2D eigenvalue weighted by molar-refractivity contribution is 14.1. The molecule has 7 heteroatoms. The summed E-state index contributed by atoms with van der Waals surface area (Å²) in [4.78, 5) is 15.6. The summed E-state index contributed by atoms with van der Waals surface area (Å²) in [6.07, 6.45) is 2.95. The Morgan fingerprint density at radius 1 is 1.50 bits per heavy atom. The minimum absolute atomic E-state index is 0.361. The van der Waals surface area contributed by atoms with Crippen LogP contribution in [0.2, 0.25) is 0 Å². The molecule has 0 saturated heterocycles. The van der Waals surface area contributed by atoms with Crippen molar-refractivity contribution in [1.82, 2.24) is 14.6 Å². The van der Waals surface area contributed by atoms with Crippen molar-refractivity contribution in [2.24, 2.45) is 0 Å². The minimum atomic E-state index is -0.449. The van der Waals surface area contributed by atoms with Crippen LogP contribution in [0.5, 0.6) is 5.75 Å². The Labute approximate surface area is 105 Å². The summed E-state index contributed by atoms with van der Waals surface area (Å²) in [6, 6.07) is 0. The maximum atomic E-state index is 11.5. The largest absolute Gasteiger partial charge is 0.492 e. The van der Waals surface area contributed by atoms with Crippen LogP contribution in [0.3, 0.4) is 0 Å². The molecule has 0 atom stereocenters. The van der Waals surface area contributed by atoms with Crippen LogP contribution in [0.15, 0.2) is 12.5 Å². The first-order chi connectivity index (χ1) is 7.69. The van der Waals surface area contributed by atoms with E-state index in [0.29, 0.717) is 20.5 Å². The molecule has 0 amide bonds. The van der Waals surface area contributed by atoms with Gasteiger partial charge in [-0.2, -0.15) is 5.10 Å². The first-order valence-corrected chi connectivity index (χ1v) is 5.41. The molecule has 2 aromatic heterocycles. The molecule has 0 aliphatic rings. The summed E-state index contributed by atoms with van der Waals surface area (Å²) in [7, 11) is 2.84. The first kappa shape index (κ1) is 11.1. The smallest absolute Gasteiger partial charge is 0.341 e. The van der Waals surface area contributed by atoms with Gasteiger partial charge in [-0.25, -0.2) is 14.3 Å². The van der Waals surface area contributed by atoms with Crippen molar-refractivity contribution in [2.45, 2.75) is 0 Å². The second-order valence-electron chi connectivity index (χ2n) is 2.91. The number of hydrogen-bond acceptors (Lipinski definition) is 5. The fourth-order valence-corrected chi connectivity index (χ4v) is 1.98. The van der Waals surface area contributed by atoms with Crippen LogP contribution in [0.4, 0.5) is 0 Å². The third kappa shape index (κ3) is 1.60. The Kier molecular flexibility index (Phi) is 2.95. The molecule has 2 rings (SSSR count). The SMILES string of the molecule is COC(=O)c1cnn2cnc(I)c(OC)c12. The van der Waals surface area contributed by atoms with Crippen LogP contribution >= 0.6 is 22.6 Å². The number of carbonyl (C=O) groups excluding carboxylic acids is 1. The van der Waals surface area contributed by atoms with E-state index in [-0.39, 0.29) is 0 Å². The molecular formula is C9H8IN3O3. The number of hydrogen-bond donors (Lipinski definition) is 0. The molecule has 2 heterocycles. The zero-order valence-corrected chi connectivity index (χ0v) is 10.8. The van der Waals surface area contributed by atoms with Crippen LogP contribution in [0, 0.1) is 3.70 Å². The van der Waals surface area contributed by atoms with Gasteiger partial charge in [0.05, 0.1) is 20.4 Å². The van der Waals surface area contributed by atoms with Gasteiger partial charge in [0, 0.05) is 0 Å². The fourth-order valence-electron chi connectivity index (χ4n) is 1.38. The lowest BCUT2D eigenvalue weighted by Crippen LogP contribution is -2.03. The van der Waals surface area contributed by atoms with E-state index >= 15 is 0 Å². The molecule has 0 aliphatic carbocycles. The van der Waals surface area contributed by atoms with Crippen molar-refractivity contribution in [3.8, 4) is 5.75 Å². The summed E-state index contributed by atoms with van der Waals surface area (Å²) in [5.74, 6) is 0.0660. The van der Waals surface area contributed by atoms with E-state index in [0.717, 1.165) is 0 Å². The third-order valence-corrected chi connectivity index (χ3v) is 2.86. The molecule has 6 nitrogen and oxygen atoms in total. The molecule has 0 saturated carbocycles. The highest BCUT2D eigenvalue weighted by Crippen LogP contribution is 2.27. The summed E-state index contributed by atoms with van der Waals surface area (Å²) >= 11 is 2.03. The van der Waals surface area contributed by atoms with Crippen LogP contribution in [-0.2, 0) is 4.74 Å². The highest BCUT2D eigenvalue weighted by Gasteiger charge is 2.19. The lowest BCUT2D eigenvalue weighted by Gasteiger charge is -2.05. The third-order valence-electron chi connectivity index (χ3n) is 2.09. The zero-order valence-electron chi connectivity index (χ0n) is 8.60. The van der Waals surface area contributed by atoms with Gasteiger partial charge in [-0.05, 0) is 22.6 Å². The normalized spacial score (nSPS) is 10.4. The average molecular weight is 333 g/mol. The molecule has 0 radical (unpaired) electrons. The number of carbonyl (C=O) groups is 1. The highest BCUT2D eigenvalue weighted by atomic mass is 127. The van der Waals surface area contributed by atoms with Crippen molar-refractivity contribution in [3.05, 3.63) is 21.8 Å². The average Bonchev–Trinajstić information content (AvgIpc) is 2.72. The van der Waals surface area contributed by atoms with Crippen molar-refractivity contribution in [1.29, 1.82) is 0 Å². The van der Waals surface area contributed by atoms with E-state index in [1.165, 1.54) is 31.3 Å². The number of rotatable bonds is 2. The molecule has 0 bridgehead atoms. The van der Waals surface area contributed by atoms with Crippen molar-refractivity contribution >= 4 is 34.1 Å². The number of aromatic nitrogens is 3. The number of methoxy groups -OCH3 is 2. The Morgan fingerprint density at radius 3 is 2.88 bits per heavy atom. The molecule has 16 heavy (non-hydrogen) atoms. The Bertz CT molecular complexity index is 552. The van der Waals surface area contributed by atoms with Gasteiger partial charge in [-0.15, -0.1) is 0 Å². The van der Waals surface area contributed by atoms with Gasteiger partial charge in [-0.3, -0.25) is 0 Å². The van der Waals surface area contributed by atoms with E-state index in [9.17, 15) is 4.79 Å². The second kappa shape index (κ2) is 4.24. The molecule has 0 aliphatic heterocycles. The number of ether oxygens (including phenoxy) is 2. The second-order valence-corrected chi connectivity index (χ2v) is 3.93. The predicted octanol–water partition coefficient (Wildman–Crippen LogP) is 1.13. The Hall–Kier alpha value is -1.38. The first-order valence-electron chi connectivity index (χ1n) is 4.33. The zero-order chi connectivity index (χ0) is 11.7. The quantitative estimate of drug-likeness (QED) is 0.468. The number of nitrogens with zero attached hydrogens (tertiary/aromatic N) is 3. The van der Waals surface area contributed by atoms with E-state index in [2.05, 4.69) is 14.8 Å². The lowest BCUT2D eigenvalue weighted by atomic mass is 10.3. The molecule has 0 N–H and O–H groups in total. The van der Waals surface area contributed by atoms with Gasteiger partial charge >= 0.3 is 5.97 Å². The van der Waals surface area contributed by atoms with Crippen molar-refractivity contribution in [2.75, 3.05) is 14.2 Å². The number of halogens is 1. The molecule has 0 fully saturated rings. The molecule has 0 spiro atoms. The van der Waals surface area contributed by atoms with Crippen LogP contribution in [0.25, 0.3) is 5.52 Å². The topological polar surface area (TPSA) is 65.7 Å². The maximum absolute atomic E-state index is 11.5. The minimum Gasteiger partial charge on any atom is -0.492 e. The van der Waals surface area contributed by atoms with Crippen molar-refractivity contribution in [3.63, 3.8) is 0 Å². The van der Waals surface area contributed by atoms with E-state index in [1.54, 1.807) is 0 Å². The standard InChI is InChI=1S/C9H8IN3O3/c1-15-7-6-5(9(14)16-2)3-12-13(6)4-11-8(7)10/h3-4H,1-2H3. The Balaban J connectivity index is 2.77. The van der Waals surface area contributed by atoms with Gasteiger partial charge in [-0.1, -0.05) is 0 Å². The number of fused-ring (bicyclic) bond motifs is 1. The molecule has 2 aromatic rings. The monoisotopic (exact) mass is 333 g/mol. The van der Waals surface area contributed by atoms with Crippen LogP contribution < -0.4 is 4.74 Å². The van der Waals surface area contributed by atoms with Gasteiger partial charge in [0.15, 0.2) is 5.75 Å². The summed E-state index contributed by atoms with van der Waals surface area (Å²) in [6.45, 7) is 0. The van der Waals surface area contributed by atoms with Crippen LogP contribution in [0.1, 0.15) is 10.4 Å². The van der Waals surface area contributed by atoms with Gasteiger partial charge < -0.3 is 9.47 Å². The summed E-state index contributed by atoms with van der Waals surface area (Å²) in [5, 5.41) is 4.01. The molecule has 84 valence electrons.